The number of hydrogen-bond donors (Lipinski definition) is 0. The van der Waals surface area contributed by atoms with Gasteiger partial charge in [-0.25, -0.2) is 8.42 Å². The molecule has 1 aromatic carbocycles. The molecule has 1 fully saturated rings. The number of aromatic nitrogens is 2. The summed E-state index contributed by atoms with van der Waals surface area (Å²) in [4.78, 5) is 19.3. The highest BCUT2D eigenvalue weighted by Gasteiger charge is 2.36. The highest BCUT2D eigenvalue weighted by Crippen LogP contribution is 2.32. The molecule has 10 heteroatoms. The third-order valence-electron chi connectivity index (χ3n) is 6.13. The summed E-state index contributed by atoms with van der Waals surface area (Å²) in [6, 6.07) is 9.77. The third-order valence-corrected chi connectivity index (χ3v) is 9.41. The van der Waals surface area contributed by atoms with Crippen LogP contribution in [-0.2, 0) is 27.8 Å². The van der Waals surface area contributed by atoms with E-state index in [4.69, 9.17) is 4.52 Å². The molecule has 0 unspecified atom stereocenters. The van der Waals surface area contributed by atoms with E-state index in [1.807, 2.05) is 17.0 Å². The van der Waals surface area contributed by atoms with Crippen LogP contribution in [0.1, 0.15) is 29.9 Å². The Morgan fingerprint density at radius 1 is 1.22 bits per heavy atom. The van der Waals surface area contributed by atoms with Crippen LogP contribution in [0.3, 0.4) is 0 Å². The minimum Gasteiger partial charge on any atom is -0.339 e. The summed E-state index contributed by atoms with van der Waals surface area (Å²) in [5.41, 5.74) is 3.08. The van der Waals surface area contributed by atoms with E-state index in [0.29, 0.717) is 49.8 Å². The maximum absolute atomic E-state index is 13.3. The van der Waals surface area contributed by atoms with E-state index in [9.17, 15) is 13.2 Å². The van der Waals surface area contributed by atoms with Gasteiger partial charge >= 0.3 is 0 Å². The van der Waals surface area contributed by atoms with Gasteiger partial charge in [-0.15, -0.1) is 11.3 Å². The topological polar surface area (TPSA) is 96.6 Å². The number of amides is 1. The molecule has 4 heterocycles. The van der Waals surface area contributed by atoms with Crippen molar-refractivity contribution < 1.29 is 17.7 Å². The van der Waals surface area contributed by atoms with Crippen molar-refractivity contribution in [1.29, 1.82) is 0 Å². The number of carbonyl (C=O) groups excluding carboxylic acids is 1. The second kappa shape index (κ2) is 8.42. The van der Waals surface area contributed by atoms with Crippen molar-refractivity contribution in [3.63, 3.8) is 0 Å². The van der Waals surface area contributed by atoms with Crippen LogP contribution < -0.4 is 0 Å². The minimum absolute atomic E-state index is 0.0496. The van der Waals surface area contributed by atoms with Crippen LogP contribution in [0.15, 0.2) is 44.4 Å². The molecule has 0 saturated carbocycles. The Morgan fingerprint density at radius 3 is 2.81 bits per heavy atom. The predicted molar refractivity (Wildman–Crippen MR) is 119 cm³/mol. The van der Waals surface area contributed by atoms with Gasteiger partial charge in [-0.3, -0.25) is 4.79 Å². The first-order chi connectivity index (χ1) is 15.4. The van der Waals surface area contributed by atoms with E-state index in [-0.39, 0.29) is 22.6 Å². The molecule has 8 nitrogen and oxygen atoms in total. The third kappa shape index (κ3) is 3.98. The van der Waals surface area contributed by atoms with Gasteiger partial charge in [-0.05, 0) is 36.5 Å². The van der Waals surface area contributed by atoms with Crippen LogP contribution in [-0.4, -0.2) is 53.3 Å². The predicted octanol–water partition coefficient (Wildman–Crippen LogP) is 3.09. The summed E-state index contributed by atoms with van der Waals surface area (Å²) in [7, 11) is -3.69. The fourth-order valence-corrected chi connectivity index (χ4v) is 7.25. The monoisotopic (exact) mass is 472 g/mol. The summed E-state index contributed by atoms with van der Waals surface area (Å²) in [5.74, 6) is 0.530. The van der Waals surface area contributed by atoms with Crippen molar-refractivity contribution in [1.82, 2.24) is 19.3 Å². The van der Waals surface area contributed by atoms with Crippen LogP contribution in [0.4, 0.5) is 0 Å². The van der Waals surface area contributed by atoms with E-state index in [2.05, 4.69) is 22.3 Å². The first-order valence-electron chi connectivity index (χ1n) is 10.7. The van der Waals surface area contributed by atoms with Gasteiger partial charge in [0.15, 0.2) is 0 Å². The van der Waals surface area contributed by atoms with Crippen molar-refractivity contribution in [3.8, 4) is 11.4 Å². The molecule has 0 spiro atoms. The molecule has 1 amide bonds. The number of carbonyl (C=O) groups is 1. The van der Waals surface area contributed by atoms with Crippen LogP contribution >= 0.6 is 11.3 Å². The second-order valence-electron chi connectivity index (χ2n) is 8.27. The molecule has 1 atom stereocenters. The molecule has 0 N–H and O–H groups in total. The lowest BCUT2D eigenvalue weighted by Crippen LogP contribution is -2.47. The van der Waals surface area contributed by atoms with Crippen LogP contribution in [0.5, 0.6) is 0 Å². The zero-order valence-corrected chi connectivity index (χ0v) is 19.4. The van der Waals surface area contributed by atoms with Crippen LogP contribution in [0.25, 0.3) is 11.4 Å². The number of aryl methyl sites for hydroxylation is 1. The number of rotatable bonds is 4. The number of fused-ring (bicyclic) bond motifs is 1. The van der Waals surface area contributed by atoms with Gasteiger partial charge in [0.05, 0.1) is 5.92 Å². The van der Waals surface area contributed by atoms with Gasteiger partial charge < -0.3 is 9.42 Å². The van der Waals surface area contributed by atoms with Crippen molar-refractivity contribution >= 4 is 27.3 Å². The molecule has 2 aromatic heterocycles. The smallest absolute Gasteiger partial charge is 0.252 e. The van der Waals surface area contributed by atoms with Gasteiger partial charge in [0, 0.05) is 44.0 Å². The Bertz CT molecular complexity index is 1250. The number of thiophene rings is 1. The Balaban J connectivity index is 1.30. The lowest BCUT2D eigenvalue weighted by molar-refractivity contribution is -0.137. The molecule has 1 saturated heterocycles. The molecule has 5 rings (SSSR count). The molecule has 0 aliphatic carbocycles. The summed E-state index contributed by atoms with van der Waals surface area (Å²) in [5, 5.41) is 5.58. The largest absolute Gasteiger partial charge is 0.339 e. The van der Waals surface area contributed by atoms with Crippen LogP contribution in [0.2, 0.25) is 0 Å². The first kappa shape index (κ1) is 21.3. The zero-order valence-electron chi connectivity index (χ0n) is 17.7. The lowest BCUT2D eigenvalue weighted by Gasteiger charge is -2.36. The summed E-state index contributed by atoms with van der Waals surface area (Å²) >= 11 is 1.14. The normalized spacial score (nSPS) is 19.7. The van der Waals surface area contributed by atoms with Crippen molar-refractivity contribution in [2.45, 2.75) is 36.9 Å². The number of piperidine rings is 1. The molecule has 2 aliphatic heterocycles. The SMILES string of the molecule is Cc1nc(-c2csc(S(=O)(=O)N3CCC[C@@H](C(=O)N4CCc5ccccc5C4)C3)c2)no1. The first-order valence-corrected chi connectivity index (χ1v) is 13.0. The number of nitrogens with zero attached hydrogens (tertiary/aromatic N) is 4. The van der Waals surface area contributed by atoms with Gasteiger partial charge in [0.2, 0.25) is 17.6 Å². The highest BCUT2D eigenvalue weighted by atomic mass is 32.2. The van der Waals surface area contributed by atoms with Gasteiger partial charge in [0.1, 0.15) is 4.21 Å². The lowest BCUT2D eigenvalue weighted by atomic mass is 9.95. The van der Waals surface area contributed by atoms with Crippen molar-refractivity contribution in [2.24, 2.45) is 5.92 Å². The molecule has 168 valence electrons. The molecule has 0 radical (unpaired) electrons. The van der Waals surface area contributed by atoms with E-state index in [1.165, 1.54) is 15.4 Å². The summed E-state index contributed by atoms with van der Waals surface area (Å²) in [6.45, 7) is 3.60. The number of sulfonamides is 1. The van der Waals surface area contributed by atoms with Gasteiger partial charge in [0.25, 0.3) is 10.0 Å². The minimum atomic E-state index is -3.69. The average molecular weight is 473 g/mol. The number of hydrogen-bond acceptors (Lipinski definition) is 7. The van der Waals surface area contributed by atoms with E-state index in [0.717, 1.165) is 17.8 Å². The van der Waals surface area contributed by atoms with Crippen molar-refractivity contribution in [3.05, 3.63) is 52.7 Å². The molecule has 2 aliphatic rings. The molecule has 32 heavy (non-hydrogen) atoms. The van der Waals surface area contributed by atoms with Crippen molar-refractivity contribution in [2.75, 3.05) is 19.6 Å². The zero-order chi connectivity index (χ0) is 22.3. The molecular weight excluding hydrogens is 448 g/mol. The molecule has 3 aromatic rings. The maximum atomic E-state index is 13.3. The number of benzene rings is 1. The second-order valence-corrected chi connectivity index (χ2v) is 11.3. The fourth-order valence-electron chi connectivity index (χ4n) is 4.42. The maximum Gasteiger partial charge on any atom is 0.252 e. The van der Waals surface area contributed by atoms with Crippen LogP contribution in [0, 0.1) is 12.8 Å². The standard InChI is InChI=1S/C22H24N4O4S2/c1-15-23-21(24-30-15)19-11-20(31-14-19)32(28,29)26-9-4-7-18(13-26)22(27)25-10-8-16-5-2-3-6-17(16)12-25/h2-3,5-6,11,14,18H,4,7-10,12-13H2,1H3/t18-/m1/s1. The van der Waals surface area contributed by atoms with Gasteiger partial charge in [-0.1, -0.05) is 29.4 Å². The van der Waals surface area contributed by atoms with Gasteiger partial charge in [-0.2, -0.15) is 9.29 Å². The van der Waals surface area contributed by atoms with E-state index < -0.39 is 10.0 Å². The Kier molecular flexibility index (Phi) is 5.60. The highest BCUT2D eigenvalue weighted by molar-refractivity contribution is 7.91. The van der Waals surface area contributed by atoms with E-state index >= 15 is 0 Å². The summed E-state index contributed by atoms with van der Waals surface area (Å²) in [6.07, 6.45) is 2.22. The Morgan fingerprint density at radius 2 is 2.03 bits per heavy atom. The molecular formula is C22H24N4O4S2. The molecule has 0 bridgehead atoms. The fraction of sp³-hybridized carbons (Fsp3) is 0.409. The Labute approximate surface area is 190 Å². The Hall–Kier alpha value is -2.56. The quantitative estimate of drug-likeness (QED) is 0.579. The van der Waals surface area contributed by atoms with E-state index in [1.54, 1.807) is 18.4 Å². The summed E-state index contributed by atoms with van der Waals surface area (Å²) < 4.78 is 33.3. The average Bonchev–Trinajstić information content (AvgIpc) is 3.48.